The van der Waals surface area contributed by atoms with Crippen LogP contribution in [0.4, 0.5) is 15.6 Å². The summed E-state index contributed by atoms with van der Waals surface area (Å²) in [5, 5.41) is 8.69. The van der Waals surface area contributed by atoms with Crippen molar-refractivity contribution in [1.82, 2.24) is 15.3 Å². The summed E-state index contributed by atoms with van der Waals surface area (Å²) in [7, 11) is 0. The maximum absolute atomic E-state index is 12.7. The van der Waals surface area contributed by atoms with Crippen LogP contribution in [0.5, 0.6) is 0 Å². The lowest BCUT2D eigenvalue weighted by Crippen LogP contribution is -2.46. The van der Waals surface area contributed by atoms with E-state index in [-0.39, 0.29) is 18.0 Å². The van der Waals surface area contributed by atoms with Gasteiger partial charge in [-0.15, -0.1) is 11.3 Å². The molecule has 3 aromatic rings. The van der Waals surface area contributed by atoms with Crippen molar-refractivity contribution in [3.8, 4) is 11.3 Å². The van der Waals surface area contributed by atoms with Gasteiger partial charge in [-0.1, -0.05) is 29.8 Å². The van der Waals surface area contributed by atoms with E-state index in [2.05, 4.69) is 25.5 Å². The highest BCUT2D eigenvalue weighted by Gasteiger charge is 2.24. The molecule has 10 heteroatoms. The number of ether oxygens (including phenoxy) is 1. The Morgan fingerprint density at radius 1 is 1.14 bits per heavy atom. The summed E-state index contributed by atoms with van der Waals surface area (Å²) in [5.41, 5.74) is 2.27. The standard InChI is InChI=1S/C25H28ClN5O3S/c1-25(2,3)34-24(33)28-16-10-12-31(13-11-16)17-8-9-20(27-14-17)22(32)30-23-29-21(15-35-23)18-6-4-5-7-19(18)26/h4-9,14-16H,10-13H2,1-3H3,(H,28,33)(H,29,30,32). The second-order valence-electron chi connectivity index (χ2n) is 9.28. The first-order valence-electron chi connectivity index (χ1n) is 11.4. The highest BCUT2D eigenvalue weighted by atomic mass is 35.5. The molecule has 1 aliphatic heterocycles. The summed E-state index contributed by atoms with van der Waals surface area (Å²) >= 11 is 7.57. The fourth-order valence-corrected chi connectivity index (χ4v) is 4.69. The van der Waals surface area contributed by atoms with E-state index in [4.69, 9.17) is 16.3 Å². The summed E-state index contributed by atoms with van der Waals surface area (Å²) in [6.45, 7) is 7.10. The van der Waals surface area contributed by atoms with Crippen molar-refractivity contribution < 1.29 is 14.3 Å². The Hall–Kier alpha value is -3.17. The van der Waals surface area contributed by atoms with Crippen LogP contribution in [0.2, 0.25) is 5.02 Å². The molecule has 0 radical (unpaired) electrons. The van der Waals surface area contributed by atoms with Gasteiger partial charge in [0.25, 0.3) is 5.91 Å². The molecule has 0 unspecified atom stereocenters. The Balaban J connectivity index is 1.30. The van der Waals surface area contributed by atoms with E-state index >= 15 is 0 Å². The molecule has 0 aliphatic carbocycles. The molecule has 0 bridgehead atoms. The molecule has 1 saturated heterocycles. The number of benzene rings is 1. The molecule has 3 heterocycles. The summed E-state index contributed by atoms with van der Waals surface area (Å²) < 4.78 is 5.34. The number of aromatic nitrogens is 2. The summed E-state index contributed by atoms with van der Waals surface area (Å²) in [6.07, 6.45) is 2.93. The van der Waals surface area contributed by atoms with E-state index in [0.717, 1.165) is 37.2 Å². The minimum Gasteiger partial charge on any atom is -0.444 e. The molecular weight excluding hydrogens is 486 g/mol. The molecule has 2 amide bonds. The average molecular weight is 514 g/mol. The predicted octanol–water partition coefficient (Wildman–Crippen LogP) is 5.60. The molecule has 1 fully saturated rings. The Kier molecular flexibility index (Phi) is 7.57. The third-order valence-electron chi connectivity index (χ3n) is 5.44. The van der Waals surface area contributed by atoms with Crippen LogP contribution in [-0.2, 0) is 4.74 Å². The highest BCUT2D eigenvalue weighted by molar-refractivity contribution is 7.14. The van der Waals surface area contributed by atoms with E-state index in [1.807, 2.05) is 50.4 Å². The van der Waals surface area contributed by atoms with Crippen molar-refractivity contribution in [3.05, 3.63) is 58.7 Å². The fraction of sp³-hybridized carbons (Fsp3) is 0.360. The first-order chi connectivity index (χ1) is 16.7. The van der Waals surface area contributed by atoms with Crippen molar-refractivity contribution in [2.24, 2.45) is 0 Å². The largest absolute Gasteiger partial charge is 0.444 e. The normalized spacial score (nSPS) is 14.5. The lowest BCUT2D eigenvalue weighted by atomic mass is 10.0. The second-order valence-corrected chi connectivity index (χ2v) is 10.5. The molecular formula is C25H28ClN5O3S. The predicted molar refractivity (Wildman–Crippen MR) is 139 cm³/mol. The number of nitrogens with zero attached hydrogens (tertiary/aromatic N) is 3. The monoisotopic (exact) mass is 513 g/mol. The molecule has 35 heavy (non-hydrogen) atoms. The fourth-order valence-electron chi connectivity index (χ4n) is 3.75. The third kappa shape index (κ3) is 6.70. The van der Waals surface area contributed by atoms with Crippen LogP contribution in [-0.4, -0.2) is 46.7 Å². The lowest BCUT2D eigenvalue weighted by Gasteiger charge is -2.34. The molecule has 0 spiro atoms. The van der Waals surface area contributed by atoms with E-state index in [1.54, 1.807) is 18.3 Å². The lowest BCUT2D eigenvalue weighted by molar-refractivity contribution is 0.0497. The van der Waals surface area contributed by atoms with E-state index in [9.17, 15) is 9.59 Å². The quantitative estimate of drug-likeness (QED) is 0.460. The Morgan fingerprint density at radius 3 is 2.54 bits per heavy atom. The zero-order valence-corrected chi connectivity index (χ0v) is 21.4. The Bertz CT molecular complexity index is 1180. The number of pyridine rings is 1. The number of halogens is 1. The van der Waals surface area contributed by atoms with E-state index < -0.39 is 5.60 Å². The van der Waals surface area contributed by atoms with Crippen LogP contribution >= 0.6 is 22.9 Å². The molecule has 8 nitrogen and oxygen atoms in total. The van der Waals surface area contributed by atoms with Crippen molar-refractivity contribution in [3.63, 3.8) is 0 Å². The highest BCUT2D eigenvalue weighted by Crippen LogP contribution is 2.30. The SMILES string of the molecule is CC(C)(C)OC(=O)NC1CCN(c2ccc(C(=O)Nc3nc(-c4ccccc4Cl)cs3)nc2)CC1. The number of hydrogen-bond acceptors (Lipinski definition) is 7. The maximum Gasteiger partial charge on any atom is 0.407 e. The smallest absolute Gasteiger partial charge is 0.407 e. The van der Waals surface area contributed by atoms with E-state index in [1.165, 1.54) is 11.3 Å². The van der Waals surface area contributed by atoms with Gasteiger partial charge in [0.2, 0.25) is 0 Å². The number of piperidine rings is 1. The molecule has 184 valence electrons. The summed E-state index contributed by atoms with van der Waals surface area (Å²) in [6, 6.07) is 11.1. The van der Waals surface area contributed by atoms with Gasteiger partial charge in [-0.3, -0.25) is 10.1 Å². The number of amides is 2. The van der Waals surface area contributed by atoms with Crippen molar-refractivity contribution in [1.29, 1.82) is 0 Å². The van der Waals surface area contributed by atoms with Crippen LogP contribution in [0.1, 0.15) is 44.1 Å². The first-order valence-corrected chi connectivity index (χ1v) is 12.7. The van der Waals surface area contributed by atoms with Crippen molar-refractivity contribution in [2.45, 2.75) is 45.3 Å². The summed E-state index contributed by atoms with van der Waals surface area (Å²) in [4.78, 5) is 35.7. The van der Waals surface area contributed by atoms with Gasteiger partial charge in [0.15, 0.2) is 5.13 Å². The zero-order chi connectivity index (χ0) is 25.0. The van der Waals surface area contributed by atoms with Crippen LogP contribution in [0.15, 0.2) is 48.0 Å². The number of alkyl carbamates (subject to hydrolysis) is 1. The molecule has 2 N–H and O–H groups in total. The number of anilines is 2. The van der Waals surface area contributed by atoms with Gasteiger partial charge in [0, 0.05) is 35.1 Å². The molecule has 4 rings (SSSR count). The molecule has 0 atom stereocenters. The Labute approximate surface area is 213 Å². The van der Waals surface area contributed by atoms with Crippen LogP contribution in [0.25, 0.3) is 11.3 Å². The molecule has 0 saturated carbocycles. The maximum atomic E-state index is 12.7. The van der Waals surface area contributed by atoms with Crippen LogP contribution in [0, 0.1) is 0 Å². The number of rotatable bonds is 5. The topological polar surface area (TPSA) is 96.5 Å². The number of carbonyl (C=O) groups is 2. The average Bonchev–Trinajstić information content (AvgIpc) is 3.27. The third-order valence-corrected chi connectivity index (χ3v) is 6.52. The van der Waals surface area contributed by atoms with E-state index in [0.29, 0.717) is 21.5 Å². The number of hydrogen-bond donors (Lipinski definition) is 2. The van der Waals surface area contributed by atoms with Crippen molar-refractivity contribution >= 4 is 45.8 Å². The van der Waals surface area contributed by atoms with Gasteiger partial charge in [0.05, 0.1) is 17.6 Å². The van der Waals surface area contributed by atoms with Crippen LogP contribution < -0.4 is 15.5 Å². The number of thiazole rings is 1. The molecule has 1 aliphatic rings. The van der Waals surface area contributed by atoms with Crippen LogP contribution in [0.3, 0.4) is 0 Å². The van der Waals surface area contributed by atoms with Crippen molar-refractivity contribution in [2.75, 3.05) is 23.3 Å². The minimum atomic E-state index is -0.512. The first kappa shape index (κ1) is 24.9. The van der Waals surface area contributed by atoms with Gasteiger partial charge < -0.3 is 15.0 Å². The van der Waals surface area contributed by atoms with Gasteiger partial charge in [-0.25, -0.2) is 14.8 Å². The summed E-state index contributed by atoms with van der Waals surface area (Å²) in [5.74, 6) is -0.322. The zero-order valence-electron chi connectivity index (χ0n) is 19.9. The second kappa shape index (κ2) is 10.6. The molecule has 2 aromatic heterocycles. The molecule has 1 aromatic carbocycles. The van der Waals surface area contributed by atoms with Gasteiger partial charge in [-0.2, -0.15) is 0 Å². The van der Waals surface area contributed by atoms with Gasteiger partial charge >= 0.3 is 6.09 Å². The number of carbonyl (C=O) groups excluding carboxylic acids is 2. The number of nitrogens with one attached hydrogen (secondary N) is 2. The minimum absolute atomic E-state index is 0.0769. The Morgan fingerprint density at radius 2 is 1.89 bits per heavy atom. The van der Waals surface area contributed by atoms with Gasteiger partial charge in [-0.05, 0) is 51.8 Å². The van der Waals surface area contributed by atoms with Gasteiger partial charge in [0.1, 0.15) is 11.3 Å².